The molecule has 5 nitrogen and oxygen atoms in total. The van der Waals surface area contributed by atoms with Gasteiger partial charge in [0, 0.05) is 16.2 Å². The molecule has 0 aliphatic rings. The summed E-state index contributed by atoms with van der Waals surface area (Å²) in [6, 6.07) is 16.7. The van der Waals surface area contributed by atoms with Crippen LogP contribution in [0.1, 0.15) is 32.8 Å². The maximum Gasteiger partial charge on any atom is 0.261 e. The van der Waals surface area contributed by atoms with E-state index >= 15 is 0 Å². The second kappa shape index (κ2) is 11.0. The third-order valence-electron chi connectivity index (χ3n) is 4.19. The number of hydrogen-bond donors (Lipinski definition) is 1. The van der Waals surface area contributed by atoms with Crippen molar-refractivity contribution in [3.05, 3.63) is 63.7 Å². The van der Waals surface area contributed by atoms with Crippen molar-refractivity contribution in [3.8, 4) is 5.75 Å². The van der Waals surface area contributed by atoms with Crippen LogP contribution in [0, 0.1) is 3.57 Å². The lowest BCUT2D eigenvalue weighted by molar-refractivity contribution is -0.143. The highest BCUT2D eigenvalue weighted by Gasteiger charge is 2.29. The number of hydrogen-bond acceptors (Lipinski definition) is 3. The van der Waals surface area contributed by atoms with Gasteiger partial charge in [-0.1, -0.05) is 37.3 Å². The van der Waals surface area contributed by atoms with Gasteiger partial charge in [-0.15, -0.1) is 0 Å². The molecular weight excluding hydrogens is 467 g/mol. The van der Waals surface area contributed by atoms with E-state index in [2.05, 4.69) is 27.9 Å². The molecule has 1 unspecified atom stereocenters. The molecule has 0 fully saturated rings. The van der Waals surface area contributed by atoms with Gasteiger partial charge in [-0.2, -0.15) is 0 Å². The van der Waals surface area contributed by atoms with Crippen LogP contribution in [-0.4, -0.2) is 35.4 Å². The molecule has 0 aliphatic carbocycles. The van der Waals surface area contributed by atoms with Gasteiger partial charge in [-0.25, -0.2) is 0 Å². The minimum atomic E-state index is -0.546. The van der Waals surface area contributed by atoms with Crippen LogP contribution in [0.25, 0.3) is 0 Å². The molecule has 28 heavy (non-hydrogen) atoms. The van der Waals surface area contributed by atoms with E-state index in [1.165, 1.54) is 0 Å². The van der Waals surface area contributed by atoms with Crippen LogP contribution in [-0.2, 0) is 16.1 Å². The van der Waals surface area contributed by atoms with E-state index in [4.69, 9.17) is 4.74 Å². The van der Waals surface area contributed by atoms with Gasteiger partial charge in [0.2, 0.25) is 5.91 Å². The normalized spacial score (nSPS) is 11.8. The lowest BCUT2D eigenvalue weighted by atomic mass is 10.1. The molecule has 0 aliphatic heterocycles. The molecule has 2 amide bonds. The average Bonchev–Trinajstić information content (AvgIpc) is 2.67. The van der Waals surface area contributed by atoms with Crippen molar-refractivity contribution in [1.82, 2.24) is 10.2 Å². The molecule has 2 aromatic carbocycles. The predicted molar refractivity (Wildman–Crippen MR) is 119 cm³/mol. The first-order valence-corrected chi connectivity index (χ1v) is 10.5. The summed E-state index contributed by atoms with van der Waals surface area (Å²) in [6.07, 6.45) is 0.528. The number of nitrogens with one attached hydrogen (secondary N) is 1. The van der Waals surface area contributed by atoms with Gasteiger partial charge in [0.25, 0.3) is 5.91 Å². The van der Waals surface area contributed by atoms with E-state index in [-0.39, 0.29) is 24.5 Å². The summed E-state index contributed by atoms with van der Waals surface area (Å²) in [5.41, 5.74) is 0.973. The Morgan fingerprint density at radius 1 is 1.07 bits per heavy atom. The van der Waals surface area contributed by atoms with Crippen molar-refractivity contribution in [3.63, 3.8) is 0 Å². The molecule has 6 heteroatoms. The third-order valence-corrected chi connectivity index (χ3v) is 4.91. The molecular formula is C22H27IN2O3. The van der Waals surface area contributed by atoms with Gasteiger partial charge in [-0.05, 0) is 72.7 Å². The molecule has 0 spiro atoms. The Labute approximate surface area is 180 Å². The molecule has 0 bridgehead atoms. The Bertz CT molecular complexity index is 763. The Kier molecular flexibility index (Phi) is 8.76. The fourth-order valence-electron chi connectivity index (χ4n) is 2.84. The fraction of sp³-hybridized carbons (Fsp3) is 0.364. The molecule has 1 N–H and O–H groups in total. The van der Waals surface area contributed by atoms with Crippen molar-refractivity contribution in [2.45, 2.75) is 45.8 Å². The van der Waals surface area contributed by atoms with E-state index in [9.17, 15) is 9.59 Å². The standard InChI is InChI=1S/C22H27IN2O3/c1-4-20(22(27)24-16(2)3)25(14-17-8-6-5-7-9-17)21(26)15-28-19-12-10-18(23)11-13-19/h5-13,16,20H,4,14-15H2,1-3H3,(H,24,27). The lowest BCUT2D eigenvalue weighted by Crippen LogP contribution is -2.51. The van der Waals surface area contributed by atoms with E-state index in [0.29, 0.717) is 18.7 Å². The molecule has 2 rings (SSSR count). The van der Waals surface area contributed by atoms with Crippen molar-refractivity contribution in [1.29, 1.82) is 0 Å². The largest absolute Gasteiger partial charge is 0.484 e. The summed E-state index contributed by atoms with van der Waals surface area (Å²) >= 11 is 2.22. The number of ether oxygens (including phenoxy) is 1. The van der Waals surface area contributed by atoms with Crippen molar-refractivity contribution in [2.75, 3.05) is 6.61 Å². The van der Waals surface area contributed by atoms with Gasteiger partial charge in [0.15, 0.2) is 6.61 Å². The highest BCUT2D eigenvalue weighted by molar-refractivity contribution is 14.1. The van der Waals surface area contributed by atoms with E-state index < -0.39 is 6.04 Å². The molecule has 150 valence electrons. The summed E-state index contributed by atoms with van der Waals surface area (Å²) in [4.78, 5) is 27.3. The molecule has 0 saturated heterocycles. The number of nitrogens with zero attached hydrogens (tertiary/aromatic N) is 1. The van der Waals surface area contributed by atoms with E-state index in [0.717, 1.165) is 9.13 Å². The molecule has 0 aromatic heterocycles. The van der Waals surface area contributed by atoms with Crippen molar-refractivity contribution >= 4 is 34.4 Å². The first-order valence-electron chi connectivity index (χ1n) is 9.42. The fourth-order valence-corrected chi connectivity index (χ4v) is 3.20. The van der Waals surface area contributed by atoms with Gasteiger partial charge in [-0.3, -0.25) is 9.59 Å². The van der Waals surface area contributed by atoms with Crippen molar-refractivity contribution in [2.24, 2.45) is 0 Å². The first kappa shape index (κ1) is 22.2. The number of halogens is 1. The van der Waals surface area contributed by atoms with Crippen LogP contribution in [0.2, 0.25) is 0 Å². The van der Waals surface area contributed by atoms with Crippen molar-refractivity contribution < 1.29 is 14.3 Å². The number of amides is 2. The Morgan fingerprint density at radius 2 is 1.71 bits per heavy atom. The van der Waals surface area contributed by atoms with Gasteiger partial charge >= 0.3 is 0 Å². The maximum atomic E-state index is 13.0. The zero-order valence-electron chi connectivity index (χ0n) is 16.5. The second-order valence-electron chi connectivity index (χ2n) is 6.84. The predicted octanol–water partition coefficient (Wildman–Crippen LogP) is 4.00. The minimum absolute atomic E-state index is 0.0123. The summed E-state index contributed by atoms with van der Waals surface area (Å²) < 4.78 is 6.77. The van der Waals surface area contributed by atoms with Crippen LogP contribution in [0.15, 0.2) is 54.6 Å². The Balaban J connectivity index is 2.16. The highest BCUT2D eigenvalue weighted by Crippen LogP contribution is 2.16. The average molecular weight is 494 g/mol. The summed E-state index contributed by atoms with van der Waals surface area (Å²) in [6.45, 7) is 5.98. The highest BCUT2D eigenvalue weighted by atomic mass is 127. The van der Waals surface area contributed by atoms with E-state index in [1.807, 2.05) is 75.4 Å². The topological polar surface area (TPSA) is 58.6 Å². The molecule has 0 radical (unpaired) electrons. The van der Waals surface area contributed by atoms with Crippen LogP contribution in [0.4, 0.5) is 0 Å². The SMILES string of the molecule is CCC(C(=O)NC(C)C)N(Cc1ccccc1)C(=O)COc1ccc(I)cc1. The second-order valence-corrected chi connectivity index (χ2v) is 8.08. The number of benzene rings is 2. The van der Waals surface area contributed by atoms with Gasteiger partial charge in [0.1, 0.15) is 11.8 Å². The summed E-state index contributed by atoms with van der Waals surface area (Å²) in [7, 11) is 0. The first-order chi connectivity index (χ1) is 13.4. The van der Waals surface area contributed by atoms with E-state index in [1.54, 1.807) is 4.90 Å². The minimum Gasteiger partial charge on any atom is -0.484 e. The lowest BCUT2D eigenvalue weighted by Gasteiger charge is -2.31. The number of carbonyl (C=O) groups is 2. The number of rotatable bonds is 9. The monoisotopic (exact) mass is 494 g/mol. The van der Waals surface area contributed by atoms with Crippen LogP contribution in [0.3, 0.4) is 0 Å². The summed E-state index contributed by atoms with van der Waals surface area (Å²) in [5, 5.41) is 2.92. The smallest absolute Gasteiger partial charge is 0.261 e. The molecule has 2 aromatic rings. The van der Waals surface area contributed by atoms with Gasteiger partial charge < -0.3 is 15.0 Å². The van der Waals surface area contributed by atoms with Crippen LogP contribution < -0.4 is 10.1 Å². The molecule has 1 atom stereocenters. The quantitative estimate of drug-likeness (QED) is 0.537. The summed E-state index contributed by atoms with van der Waals surface area (Å²) in [5.74, 6) is 0.275. The maximum absolute atomic E-state index is 13.0. The van der Waals surface area contributed by atoms with Crippen LogP contribution in [0.5, 0.6) is 5.75 Å². The zero-order chi connectivity index (χ0) is 20.5. The molecule has 0 heterocycles. The third kappa shape index (κ3) is 6.82. The zero-order valence-corrected chi connectivity index (χ0v) is 18.7. The number of carbonyl (C=O) groups excluding carboxylic acids is 2. The Hall–Kier alpha value is -2.09. The Morgan fingerprint density at radius 3 is 2.29 bits per heavy atom. The van der Waals surface area contributed by atoms with Crippen LogP contribution >= 0.6 is 22.6 Å². The molecule has 0 saturated carbocycles. The van der Waals surface area contributed by atoms with Gasteiger partial charge in [0.05, 0.1) is 0 Å².